The van der Waals surface area contributed by atoms with Gasteiger partial charge in [-0.25, -0.2) is 4.79 Å². The number of ketones is 1. The van der Waals surface area contributed by atoms with Gasteiger partial charge in [0.15, 0.2) is 0 Å². The molecule has 0 unspecified atom stereocenters. The minimum atomic E-state index is -0.247. The van der Waals surface area contributed by atoms with Crippen LogP contribution < -0.4 is 0 Å². The summed E-state index contributed by atoms with van der Waals surface area (Å²) in [7, 11) is 0. The van der Waals surface area contributed by atoms with Crippen molar-refractivity contribution in [2.24, 2.45) is 55.7 Å². The highest BCUT2D eigenvalue weighted by molar-refractivity contribution is 5.85. The molecule has 0 N–H and O–H groups in total. The Bertz CT molecular complexity index is 976. The molecule has 5 rings (SSSR count). The fourth-order valence-electron chi connectivity index (χ4n) is 11.8. The van der Waals surface area contributed by atoms with E-state index in [0.29, 0.717) is 29.5 Å². The molecule has 0 aliphatic heterocycles. The standard InChI is InChI=1S/C31H47NO2/c1-20(2)21-9-16-31(32-19-33)18-17-30(8)28(6)14-10-22-26(3,4)24(34)12-13-27(22,5)23(28)11-15-29(30,7)25(21)31/h21-23,25H,1,9-18H2,2-8H3/t21-,22-,23+,25+,27-,28+,29+,30-,31-/m0/s1. The maximum Gasteiger partial charge on any atom is 0.235 e. The average Bonchev–Trinajstić information content (AvgIpc) is 3.14. The van der Waals surface area contributed by atoms with Crippen LogP contribution in [-0.2, 0) is 9.59 Å². The lowest BCUT2D eigenvalue weighted by atomic mass is 9.29. The maximum absolute atomic E-state index is 13.0. The first-order valence-corrected chi connectivity index (χ1v) is 14.0. The van der Waals surface area contributed by atoms with Gasteiger partial charge in [-0.2, -0.15) is 4.99 Å². The molecule has 0 heterocycles. The number of Topliss-reactive ketones (excluding diaryl/α,β-unsaturated/α-hetero) is 1. The molecule has 3 nitrogen and oxygen atoms in total. The molecule has 0 aromatic heterocycles. The van der Waals surface area contributed by atoms with Crippen molar-refractivity contribution in [3.05, 3.63) is 12.2 Å². The second-order valence-corrected chi connectivity index (χ2v) is 14.8. The Hall–Kier alpha value is -1.21. The van der Waals surface area contributed by atoms with Crippen LogP contribution in [0.15, 0.2) is 17.1 Å². The van der Waals surface area contributed by atoms with Crippen LogP contribution in [0.1, 0.15) is 113 Å². The summed E-state index contributed by atoms with van der Waals surface area (Å²) in [6.45, 7) is 21.4. The molecule has 0 aromatic carbocycles. The van der Waals surface area contributed by atoms with Gasteiger partial charge in [0.1, 0.15) is 5.78 Å². The van der Waals surface area contributed by atoms with E-state index in [1.54, 1.807) is 0 Å². The minimum absolute atomic E-state index is 0.125. The highest BCUT2D eigenvalue weighted by Crippen LogP contribution is 2.80. The van der Waals surface area contributed by atoms with Crippen LogP contribution in [0.25, 0.3) is 0 Å². The molecule has 5 fully saturated rings. The Morgan fingerprint density at radius 1 is 0.882 bits per heavy atom. The first-order valence-electron chi connectivity index (χ1n) is 14.0. The van der Waals surface area contributed by atoms with Crippen LogP contribution in [0.4, 0.5) is 0 Å². The summed E-state index contributed by atoms with van der Waals surface area (Å²) in [6, 6.07) is 0. The molecule has 0 radical (unpaired) electrons. The van der Waals surface area contributed by atoms with Crippen molar-refractivity contribution < 1.29 is 9.59 Å². The van der Waals surface area contributed by atoms with Crippen LogP contribution >= 0.6 is 0 Å². The summed E-state index contributed by atoms with van der Waals surface area (Å²) in [5, 5.41) is 0. The van der Waals surface area contributed by atoms with E-state index in [1.165, 1.54) is 31.3 Å². The zero-order valence-electron chi connectivity index (χ0n) is 22.9. The Balaban J connectivity index is 1.62. The molecule has 0 bridgehead atoms. The summed E-state index contributed by atoms with van der Waals surface area (Å²) in [6.07, 6.45) is 12.9. The zero-order chi connectivity index (χ0) is 24.9. The molecule has 9 atom stereocenters. The number of isocyanates is 1. The van der Waals surface area contributed by atoms with E-state index in [9.17, 15) is 9.59 Å². The molecule has 5 aliphatic rings. The largest absolute Gasteiger partial charge is 0.299 e. The second-order valence-electron chi connectivity index (χ2n) is 14.8. The lowest BCUT2D eigenvalue weighted by Crippen LogP contribution is -2.70. The van der Waals surface area contributed by atoms with Gasteiger partial charge in [-0.15, -0.1) is 0 Å². The van der Waals surface area contributed by atoms with Crippen LogP contribution in [0.3, 0.4) is 0 Å². The number of hydrogen-bond donors (Lipinski definition) is 0. The molecule has 0 saturated heterocycles. The maximum atomic E-state index is 13.0. The van der Waals surface area contributed by atoms with E-state index < -0.39 is 0 Å². The van der Waals surface area contributed by atoms with E-state index in [-0.39, 0.29) is 32.6 Å². The molecule has 0 aromatic rings. The van der Waals surface area contributed by atoms with Crippen molar-refractivity contribution in [1.82, 2.24) is 0 Å². The Labute approximate surface area is 207 Å². The van der Waals surface area contributed by atoms with Gasteiger partial charge in [0.25, 0.3) is 0 Å². The van der Waals surface area contributed by atoms with E-state index in [0.717, 1.165) is 38.5 Å². The first kappa shape index (κ1) is 24.5. The van der Waals surface area contributed by atoms with Crippen molar-refractivity contribution in [1.29, 1.82) is 0 Å². The van der Waals surface area contributed by atoms with Gasteiger partial charge in [0.2, 0.25) is 6.08 Å². The molecule has 5 saturated carbocycles. The normalized spacial score (nSPS) is 53.6. The quantitative estimate of drug-likeness (QED) is 0.238. The number of carbonyl (C=O) groups excluding carboxylic acids is 2. The predicted octanol–water partition coefficient (Wildman–Crippen LogP) is 7.69. The van der Waals surface area contributed by atoms with E-state index in [1.807, 2.05) is 6.08 Å². The highest BCUT2D eigenvalue weighted by Gasteiger charge is 2.74. The van der Waals surface area contributed by atoms with Gasteiger partial charge in [0, 0.05) is 11.8 Å². The number of hydrogen-bond acceptors (Lipinski definition) is 3. The van der Waals surface area contributed by atoms with E-state index in [2.05, 4.69) is 60.0 Å². The van der Waals surface area contributed by atoms with E-state index in [4.69, 9.17) is 0 Å². The summed E-state index contributed by atoms with van der Waals surface area (Å²) in [5.74, 6) is 2.44. The molecule has 34 heavy (non-hydrogen) atoms. The Morgan fingerprint density at radius 3 is 2.18 bits per heavy atom. The molecule has 188 valence electrons. The smallest absolute Gasteiger partial charge is 0.235 e. The number of rotatable bonds is 2. The van der Waals surface area contributed by atoms with Gasteiger partial charge in [-0.3, -0.25) is 4.79 Å². The van der Waals surface area contributed by atoms with Crippen LogP contribution in [0.2, 0.25) is 0 Å². The van der Waals surface area contributed by atoms with Crippen molar-refractivity contribution in [3.63, 3.8) is 0 Å². The first-order chi connectivity index (χ1) is 15.7. The van der Waals surface area contributed by atoms with Crippen molar-refractivity contribution in [2.75, 3.05) is 0 Å². The topological polar surface area (TPSA) is 46.5 Å². The summed E-state index contributed by atoms with van der Waals surface area (Å²) < 4.78 is 0. The Morgan fingerprint density at radius 2 is 1.53 bits per heavy atom. The fraction of sp³-hybridized carbons (Fsp3) is 0.871. The van der Waals surface area contributed by atoms with Gasteiger partial charge in [0.05, 0.1) is 5.54 Å². The SMILES string of the molecule is C=C(C)[C@@H]1CC[C@]2(N=C=O)CC[C@@]3(C)[C@]4(C)CC[C@H]5C(C)(C)C(=O)CC[C@]5(C)[C@H]4CC[C@]3(C)[C@@H]12. The molecule has 0 amide bonds. The molecule has 3 heteroatoms. The van der Waals surface area contributed by atoms with Gasteiger partial charge in [-0.05, 0) is 110 Å². The fourth-order valence-corrected chi connectivity index (χ4v) is 11.8. The number of allylic oxidation sites excluding steroid dienone is 1. The van der Waals surface area contributed by atoms with Gasteiger partial charge < -0.3 is 0 Å². The van der Waals surface area contributed by atoms with Gasteiger partial charge >= 0.3 is 0 Å². The van der Waals surface area contributed by atoms with Crippen molar-refractivity contribution >= 4 is 11.9 Å². The summed E-state index contributed by atoms with van der Waals surface area (Å²) in [5.41, 5.74) is 1.60. The number of carbonyl (C=O) groups is 1. The lowest BCUT2D eigenvalue weighted by molar-refractivity contribution is -0.259. The number of nitrogens with zero attached hydrogens (tertiary/aromatic N) is 1. The summed E-state index contributed by atoms with van der Waals surface area (Å²) in [4.78, 5) is 29.3. The van der Waals surface area contributed by atoms with Gasteiger partial charge in [-0.1, -0.05) is 53.7 Å². The molecule has 0 spiro atoms. The third kappa shape index (κ3) is 2.64. The average molecular weight is 466 g/mol. The third-order valence-electron chi connectivity index (χ3n) is 13.8. The number of fused-ring (bicyclic) bond motifs is 7. The lowest BCUT2D eigenvalue weighted by Gasteiger charge is -2.75. The Kier molecular flexibility index (Phi) is 5.17. The molecular formula is C31H47NO2. The zero-order valence-corrected chi connectivity index (χ0v) is 22.9. The second kappa shape index (κ2) is 7.18. The van der Waals surface area contributed by atoms with Crippen LogP contribution in [0.5, 0.6) is 0 Å². The summed E-state index contributed by atoms with van der Waals surface area (Å²) >= 11 is 0. The highest BCUT2D eigenvalue weighted by atomic mass is 16.1. The molecule has 5 aliphatic carbocycles. The third-order valence-corrected chi connectivity index (χ3v) is 13.8. The van der Waals surface area contributed by atoms with Crippen LogP contribution in [0, 0.1) is 50.7 Å². The number of aliphatic imine (C=N–C) groups is 1. The predicted molar refractivity (Wildman–Crippen MR) is 137 cm³/mol. The van der Waals surface area contributed by atoms with E-state index >= 15 is 0 Å². The van der Waals surface area contributed by atoms with Crippen LogP contribution in [-0.4, -0.2) is 17.4 Å². The van der Waals surface area contributed by atoms with Crippen molar-refractivity contribution in [2.45, 2.75) is 118 Å². The van der Waals surface area contributed by atoms with Crippen molar-refractivity contribution in [3.8, 4) is 0 Å². The minimum Gasteiger partial charge on any atom is -0.299 e. The molecular weight excluding hydrogens is 418 g/mol. The monoisotopic (exact) mass is 465 g/mol.